The molecule has 16 heavy (non-hydrogen) atoms. The van der Waals surface area contributed by atoms with Gasteiger partial charge in [0.2, 0.25) is 11.6 Å². The molecule has 1 aliphatic carbocycles. The Balaban J connectivity index is 2.81. The quantitative estimate of drug-likeness (QED) is 0.792. The maximum Gasteiger partial charge on any atom is 0.210 e. The van der Waals surface area contributed by atoms with Gasteiger partial charge in [0, 0.05) is 10.6 Å². The van der Waals surface area contributed by atoms with Crippen molar-refractivity contribution < 1.29 is 14.7 Å². The molecule has 1 aromatic rings. The molecule has 0 saturated carbocycles. The van der Waals surface area contributed by atoms with Crippen molar-refractivity contribution in [1.29, 1.82) is 0 Å². The Hall–Kier alpha value is -1.03. The number of rotatable bonds is 0. The molecule has 0 atom stereocenters. The average Bonchev–Trinajstić information content (AvgIpc) is 2.22. The van der Waals surface area contributed by atoms with Crippen LogP contribution in [0.3, 0.4) is 0 Å². The topological polar surface area (TPSA) is 54.4 Å². The van der Waals surface area contributed by atoms with Crippen LogP contribution in [0.15, 0.2) is 22.2 Å². The SMILES string of the molecule is O=C1C(Cl)=C(Cl)C(=O)c2c(O)cc(Cl)cc21. The van der Waals surface area contributed by atoms with Crippen molar-refractivity contribution in [2.45, 2.75) is 0 Å². The van der Waals surface area contributed by atoms with Crippen LogP contribution >= 0.6 is 34.8 Å². The number of carbonyl (C=O) groups excluding carboxylic acids is 2. The number of ketones is 2. The highest BCUT2D eigenvalue weighted by Crippen LogP contribution is 2.36. The van der Waals surface area contributed by atoms with Gasteiger partial charge in [-0.15, -0.1) is 0 Å². The van der Waals surface area contributed by atoms with Gasteiger partial charge in [-0.25, -0.2) is 0 Å². The Bertz CT molecular complexity index is 561. The zero-order valence-corrected chi connectivity index (χ0v) is 9.82. The Kier molecular flexibility index (Phi) is 2.70. The highest BCUT2D eigenvalue weighted by atomic mass is 35.5. The third kappa shape index (κ3) is 1.52. The number of allylic oxidation sites excluding steroid dienone is 2. The van der Waals surface area contributed by atoms with Crippen LogP contribution in [0.4, 0.5) is 0 Å². The van der Waals surface area contributed by atoms with Crippen LogP contribution in [0, 0.1) is 0 Å². The van der Waals surface area contributed by atoms with Crippen LogP contribution in [-0.4, -0.2) is 16.7 Å². The van der Waals surface area contributed by atoms with E-state index < -0.39 is 16.6 Å². The van der Waals surface area contributed by atoms with Gasteiger partial charge in [0.25, 0.3) is 0 Å². The maximum atomic E-state index is 11.7. The minimum Gasteiger partial charge on any atom is -0.507 e. The molecule has 0 saturated heterocycles. The van der Waals surface area contributed by atoms with Crippen LogP contribution in [0.25, 0.3) is 0 Å². The van der Waals surface area contributed by atoms with Crippen molar-refractivity contribution in [3.63, 3.8) is 0 Å². The predicted molar refractivity (Wildman–Crippen MR) is 60.5 cm³/mol. The van der Waals surface area contributed by atoms with Gasteiger partial charge in [-0.1, -0.05) is 34.8 Å². The summed E-state index contributed by atoms with van der Waals surface area (Å²) in [6.45, 7) is 0. The van der Waals surface area contributed by atoms with Crippen LogP contribution < -0.4 is 0 Å². The molecule has 3 nitrogen and oxygen atoms in total. The number of hydrogen-bond donors (Lipinski definition) is 1. The summed E-state index contributed by atoms with van der Waals surface area (Å²) in [5.41, 5.74) is -0.201. The van der Waals surface area contributed by atoms with Gasteiger partial charge in [-0.2, -0.15) is 0 Å². The third-order valence-electron chi connectivity index (χ3n) is 2.15. The molecule has 6 heteroatoms. The first-order valence-electron chi connectivity index (χ1n) is 4.10. The fraction of sp³-hybridized carbons (Fsp3) is 0. The van der Waals surface area contributed by atoms with Crippen LogP contribution in [-0.2, 0) is 0 Å². The predicted octanol–water partition coefficient (Wildman–Crippen LogP) is 3.11. The largest absolute Gasteiger partial charge is 0.507 e. The van der Waals surface area contributed by atoms with E-state index >= 15 is 0 Å². The first kappa shape index (κ1) is 11.5. The molecule has 0 unspecified atom stereocenters. The Labute approximate surface area is 105 Å². The maximum absolute atomic E-state index is 11.7. The van der Waals surface area contributed by atoms with E-state index in [4.69, 9.17) is 34.8 Å². The standard InChI is InChI=1S/C10H3Cl3O3/c11-3-1-4-6(5(14)2-3)10(16)8(13)7(12)9(4)15/h1-2,14H. The number of phenols is 1. The fourth-order valence-electron chi connectivity index (χ4n) is 1.44. The molecule has 0 spiro atoms. The molecule has 1 N–H and O–H groups in total. The molecule has 2 rings (SSSR count). The highest BCUT2D eigenvalue weighted by Gasteiger charge is 2.33. The summed E-state index contributed by atoms with van der Waals surface area (Å²) in [4.78, 5) is 23.4. The van der Waals surface area contributed by atoms with E-state index in [0.29, 0.717) is 0 Å². The lowest BCUT2D eigenvalue weighted by Gasteiger charge is -2.15. The molecule has 1 aliphatic rings. The lowest BCUT2D eigenvalue weighted by molar-refractivity contribution is 0.0984. The molecule has 0 aromatic heterocycles. The monoisotopic (exact) mass is 276 g/mol. The second kappa shape index (κ2) is 3.77. The summed E-state index contributed by atoms with van der Waals surface area (Å²) >= 11 is 16.8. The lowest BCUT2D eigenvalue weighted by Crippen LogP contribution is -2.17. The van der Waals surface area contributed by atoms with E-state index in [1.54, 1.807) is 0 Å². The Morgan fingerprint density at radius 2 is 1.50 bits per heavy atom. The van der Waals surface area contributed by atoms with E-state index in [-0.39, 0.29) is 26.9 Å². The molecule has 0 fully saturated rings. The molecule has 82 valence electrons. The van der Waals surface area contributed by atoms with E-state index in [1.807, 2.05) is 0 Å². The van der Waals surface area contributed by atoms with Crippen molar-refractivity contribution in [3.8, 4) is 5.75 Å². The molecular formula is C10H3Cl3O3. The van der Waals surface area contributed by atoms with Gasteiger partial charge in [0.15, 0.2) is 0 Å². The van der Waals surface area contributed by atoms with E-state index in [9.17, 15) is 14.7 Å². The van der Waals surface area contributed by atoms with Crippen LogP contribution in [0.1, 0.15) is 20.7 Å². The summed E-state index contributed by atoms with van der Waals surface area (Å²) in [7, 11) is 0. The summed E-state index contributed by atoms with van der Waals surface area (Å²) in [6.07, 6.45) is 0. The van der Waals surface area contributed by atoms with Gasteiger partial charge < -0.3 is 5.11 Å². The lowest BCUT2D eigenvalue weighted by atomic mass is 9.93. The van der Waals surface area contributed by atoms with Crippen molar-refractivity contribution in [2.24, 2.45) is 0 Å². The number of fused-ring (bicyclic) bond motifs is 1. The number of hydrogen-bond acceptors (Lipinski definition) is 3. The zero-order chi connectivity index (χ0) is 12.0. The normalized spacial score (nSPS) is 15.4. The summed E-state index contributed by atoms with van der Waals surface area (Å²) in [5, 5.41) is 8.93. The van der Waals surface area contributed by atoms with E-state index in [0.717, 1.165) is 6.07 Å². The highest BCUT2D eigenvalue weighted by molar-refractivity contribution is 6.59. The summed E-state index contributed by atoms with van der Waals surface area (Å²) in [6, 6.07) is 2.43. The van der Waals surface area contributed by atoms with E-state index in [2.05, 4.69) is 0 Å². The molecule has 0 amide bonds. The minimum absolute atomic E-state index is 0.0376. The summed E-state index contributed by atoms with van der Waals surface area (Å²) < 4.78 is 0. The van der Waals surface area contributed by atoms with Crippen LogP contribution in [0.2, 0.25) is 5.02 Å². The molecule has 0 radical (unpaired) electrons. The van der Waals surface area contributed by atoms with Gasteiger partial charge in [0.05, 0.1) is 5.56 Å². The van der Waals surface area contributed by atoms with Gasteiger partial charge in [-0.05, 0) is 12.1 Å². The second-order valence-corrected chi connectivity index (χ2v) is 4.33. The number of benzene rings is 1. The van der Waals surface area contributed by atoms with Gasteiger partial charge in [-0.3, -0.25) is 9.59 Å². The van der Waals surface area contributed by atoms with Crippen molar-refractivity contribution in [1.82, 2.24) is 0 Å². The smallest absolute Gasteiger partial charge is 0.210 e. The molecular weight excluding hydrogens is 274 g/mol. The number of phenolic OH excluding ortho intramolecular Hbond substituents is 1. The zero-order valence-electron chi connectivity index (χ0n) is 7.55. The number of halogens is 3. The van der Waals surface area contributed by atoms with E-state index in [1.165, 1.54) is 6.07 Å². The number of carbonyl (C=O) groups is 2. The Morgan fingerprint density at radius 1 is 0.938 bits per heavy atom. The first-order valence-corrected chi connectivity index (χ1v) is 5.24. The minimum atomic E-state index is -0.685. The van der Waals surface area contributed by atoms with Crippen molar-refractivity contribution in [2.75, 3.05) is 0 Å². The van der Waals surface area contributed by atoms with Gasteiger partial charge >= 0.3 is 0 Å². The number of Topliss-reactive ketones (excluding diaryl/α,β-unsaturated/α-hetero) is 2. The summed E-state index contributed by atoms with van der Waals surface area (Å²) in [5.74, 6) is -1.70. The molecule has 0 heterocycles. The van der Waals surface area contributed by atoms with Crippen molar-refractivity contribution in [3.05, 3.63) is 38.3 Å². The fourth-order valence-corrected chi connectivity index (χ4v) is 2.02. The third-order valence-corrected chi connectivity index (χ3v) is 3.18. The second-order valence-electron chi connectivity index (χ2n) is 3.13. The number of aromatic hydroxyl groups is 1. The molecule has 0 aliphatic heterocycles. The molecule has 1 aromatic carbocycles. The average molecular weight is 277 g/mol. The molecule has 0 bridgehead atoms. The van der Waals surface area contributed by atoms with Crippen LogP contribution in [0.5, 0.6) is 5.75 Å². The van der Waals surface area contributed by atoms with Crippen molar-refractivity contribution >= 4 is 46.4 Å². The van der Waals surface area contributed by atoms with Gasteiger partial charge in [0.1, 0.15) is 15.8 Å². The Morgan fingerprint density at radius 3 is 2.12 bits per heavy atom. The first-order chi connectivity index (χ1) is 7.43.